The molecule has 0 spiro atoms. The lowest BCUT2D eigenvalue weighted by molar-refractivity contribution is 0.132. The first-order valence-electron chi connectivity index (χ1n) is 7.72. The SMILES string of the molecule is CCC(C)n1ccc(CN2CCCCC2CCN)n1. The van der Waals surface area contributed by atoms with E-state index in [-0.39, 0.29) is 0 Å². The van der Waals surface area contributed by atoms with Crippen LogP contribution in [0.25, 0.3) is 0 Å². The van der Waals surface area contributed by atoms with Crippen molar-refractivity contribution in [3.05, 3.63) is 18.0 Å². The highest BCUT2D eigenvalue weighted by molar-refractivity contribution is 5.00. The van der Waals surface area contributed by atoms with E-state index in [2.05, 4.69) is 35.7 Å². The summed E-state index contributed by atoms with van der Waals surface area (Å²) < 4.78 is 2.09. The van der Waals surface area contributed by atoms with Crippen molar-refractivity contribution >= 4 is 0 Å². The van der Waals surface area contributed by atoms with E-state index in [1.807, 2.05) is 0 Å². The van der Waals surface area contributed by atoms with Crippen LogP contribution in [0.3, 0.4) is 0 Å². The van der Waals surface area contributed by atoms with Crippen LogP contribution in [0, 0.1) is 0 Å². The number of likely N-dealkylation sites (tertiary alicyclic amines) is 1. The second kappa shape index (κ2) is 7.06. The topological polar surface area (TPSA) is 47.1 Å². The second-order valence-electron chi connectivity index (χ2n) is 5.74. The Kier molecular flexibility index (Phi) is 5.40. The van der Waals surface area contributed by atoms with E-state index in [1.165, 1.54) is 31.5 Å². The fourth-order valence-electron chi connectivity index (χ4n) is 2.89. The van der Waals surface area contributed by atoms with E-state index in [0.29, 0.717) is 12.1 Å². The summed E-state index contributed by atoms with van der Waals surface area (Å²) in [6.45, 7) is 7.39. The molecule has 1 fully saturated rings. The van der Waals surface area contributed by atoms with E-state index >= 15 is 0 Å². The Labute approximate surface area is 117 Å². The average Bonchev–Trinajstić information content (AvgIpc) is 2.89. The lowest BCUT2D eigenvalue weighted by atomic mass is 9.99. The third-order valence-corrected chi connectivity index (χ3v) is 4.32. The fraction of sp³-hybridized carbons (Fsp3) is 0.800. The number of hydrogen-bond donors (Lipinski definition) is 1. The Morgan fingerprint density at radius 3 is 3.05 bits per heavy atom. The molecule has 4 nitrogen and oxygen atoms in total. The summed E-state index contributed by atoms with van der Waals surface area (Å²) in [5, 5.41) is 4.71. The van der Waals surface area contributed by atoms with Crippen molar-refractivity contribution in [3.63, 3.8) is 0 Å². The standard InChI is InChI=1S/C15H28N4/c1-3-13(2)19-11-8-14(17-19)12-18-10-5-4-6-15(18)7-9-16/h8,11,13,15H,3-7,9-10,12,16H2,1-2H3. The van der Waals surface area contributed by atoms with Gasteiger partial charge in [-0.1, -0.05) is 13.3 Å². The predicted octanol–water partition coefficient (Wildman–Crippen LogP) is 2.56. The number of nitrogens with zero attached hydrogens (tertiary/aromatic N) is 3. The molecule has 108 valence electrons. The zero-order valence-corrected chi connectivity index (χ0v) is 12.4. The van der Waals surface area contributed by atoms with Gasteiger partial charge in [0.05, 0.1) is 5.69 Å². The van der Waals surface area contributed by atoms with Crippen LogP contribution in [0.5, 0.6) is 0 Å². The summed E-state index contributed by atoms with van der Waals surface area (Å²) in [4.78, 5) is 2.57. The first-order chi connectivity index (χ1) is 9.24. The van der Waals surface area contributed by atoms with Crippen molar-refractivity contribution in [2.75, 3.05) is 13.1 Å². The van der Waals surface area contributed by atoms with Crippen molar-refractivity contribution in [2.45, 2.75) is 64.6 Å². The van der Waals surface area contributed by atoms with Gasteiger partial charge < -0.3 is 5.73 Å². The first-order valence-corrected chi connectivity index (χ1v) is 7.72. The van der Waals surface area contributed by atoms with Gasteiger partial charge in [-0.15, -0.1) is 0 Å². The number of nitrogens with two attached hydrogens (primary N) is 1. The third kappa shape index (κ3) is 3.80. The Morgan fingerprint density at radius 2 is 2.32 bits per heavy atom. The van der Waals surface area contributed by atoms with Crippen molar-refractivity contribution in [3.8, 4) is 0 Å². The molecule has 0 aromatic carbocycles. The Hall–Kier alpha value is -0.870. The molecule has 0 aliphatic carbocycles. The molecule has 4 heteroatoms. The van der Waals surface area contributed by atoms with Gasteiger partial charge in [0.15, 0.2) is 0 Å². The molecule has 0 saturated carbocycles. The van der Waals surface area contributed by atoms with Gasteiger partial charge in [-0.05, 0) is 51.8 Å². The molecular formula is C15H28N4. The summed E-state index contributed by atoms with van der Waals surface area (Å²) in [5.74, 6) is 0. The minimum absolute atomic E-state index is 0.495. The van der Waals surface area contributed by atoms with E-state index in [0.717, 1.165) is 25.9 Å². The highest BCUT2D eigenvalue weighted by Gasteiger charge is 2.22. The van der Waals surface area contributed by atoms with Gasteiger partial charge in [0.25, 0.3) is 0 Å². The number of hydrogen-bond acceptors (Lipinski definition) is 3. The lowest BCUT2D eigenvalue weighted by Crippen LogP contribution is -2.40. The summed E-state index contributed by atoms with van der Waals surface area (Å²) >= 11 is 0. The molecule has 0 amide bonds. The minimum atomic E-state index is 0.495. The van der Waals surface area contributed by atoms with Crippen LogP contribution in [0.4, 0.5) is 0 Å². The van der Waals surface area contributed by atoms with Crippen LogP contribution >= 0.6 is 0 Å². The zero-order valence-electron chi connectivity index (χ0n) is 12.4. The van der Waals surface area contributed by atoms with Crippen molar-refractivity contribution in [1.29, 1.82) is 0 Å². The first kappa shape index (κ1) is 14.5. The molecule has 2 N–H and O–H groups in total. The largest absolute Gasteiger partial charge is 0.330 e. The van der Waals surface area contributed by atoms with Gasteiger partial charge in [-0.2, -0.15) is 5.10 Å². The number of rotatable bonds is 6. The highest BCUT2D eigenvalue weighted by Crippen LogP contribution is 2.21. The van der Waals surface area contributed by atoms with E-state index < -0.39 is 0 Å². The molecule has 1 saturated heterocycles. The Morgan fingerprint density at radius 1 is 1.47 bits per heavy atom. The van der Waals surface area contributed by atoms with Crippen molar-refractivity contribution in [2.24, 2.45) is 5.73 Å². The van der Waals surface area contributed by atoms with Crippen molar-refractivity contribution < 1.29 is 0 Å². The van der Waals surface area contributed by atoms with Crippen LogP contribution in [-0.4, -0.2) is 33.8 Å². The van der Waals surface area contributed by atoms with Crippen LogP contribution in [0.2, 0.25) is 0 Å². The monoisotopic (exact) mass is 264 g/mol. The third-order valence-electron chi connectivity index (χ3n) is 4.32. The Balaban J connectivity index is 1.96. The smallest absolute Gasteiger partial charge is 0.0764 e. The maximum atomic E-state index is 5.73. The Bertz CT molecular complexity index is 372. The van der Waals surface area contributed by atoms with E-state index in [9.17, 15) is 0 Å². The van der Waals surface area contributed by atoms with Crippen LogP contribution in [0.1, 0.15) is 57.7 Å². The summed E-state index contributed by atoms with van der Waals surface area (Å²) in [5.41, 5.74) is 6.93. The van der Waals surface area contributed by atoms with Gasteiger partial charge in [0.1, 0.15) is 0 Å². The number of piperidine rings is 1. The van der Waals surface area contributed by atoms with Crippen LogP contribution in [-0.2, 0) is 6.54 Å². The predicted molar refractivity (Wildman–Crippen MR) is 78.9 cm³/mol. The maximum absolute atomic E-state index is 5.73. The molecule has 1 aromatic heterocycles. The van der Waals surface area contributed by atoms with Crippen LogP contribution < -0.4 is 5.73 Å². The fourth-order valence-corrected chi connectivity index (χ4v) is 2.89. The molecule has 2 rings (SSSR count). The summed E-state index contributed by atoms with van der Waals surface area (Å²) in [6.07, 6.45) is 8.32. The van der Waals surface area contributed by atoms with Crippen LogP contribution in [0.15, 0.2) is 12.3 Å². The molecule has 0 radical (unpaired) electrons. The normalized spacial score (nSPS) is 22.6. The van der Waals surface area contributed by atoms with Gasteiger partial charge in [0, 0.05) is 24.8 Å². The van der Waals surface area contributed by atoms with Gasteiger partial charge in [-0.3, -0.25) is 9.58 Å². The molecule has 2 atom stereocenters. The molecule has 0 bridgehead atoms. The quantitative estimate of drug-likeness (QED) is 0.859. The molecule has 2 unspecified atom stereocenters. The summed E-state index contributed by atoms with van der Waals surface area (Å²) in [6, 6.07) is 3.32. The molecule has 19 heavy (non-hydrogen) atoms. The van der Waals surface area contributed by atoms with Gasteiger partial charge in [0.2, 0.25) is 0 Å². The second-order valence-corrected chi connectivity index (χ2v) is 5.74. The average molecular weight is 264 g/mol. The number of aromatic nitrogens is 2. The van der Waals surface area contributed by atoms with Gasteiger partial charge >= 0.3 is 0 Å². The molecule has 1 aliphatic heterocycles. The summed E-state index contributed by atoms with van der Waals surface area (Å²) in [7, 11) is 0. The molecule has 1 aromatic rings. The lowest BCUT2D eigenvalue weighted by Gasteiger charge is -2.35. The minimum Gasteiger partial charge on any atom is -0.330 e. The highest BCUT2D eigenvalue weighted by atomic mass is 15.3. The van der Waals surface area contributed by atoms with Gasteiger partial charge in [-0.25, -0.2) is 0 Å². The molecular weight excluding hydrogens is 236 g/mol. The maximum Gasteiger partial charge on any atom is 0.0764 e. The van der Waals surface area contributed by atoms with E-state index in [4.69, 9.17) is 10.8 Å². The molecule has 2 heterocycles. The van der Waals surface area contributed by atoms with Crippen molar-refractivity contribution in [1.82, 2.24) is 14.7 Å². The zero-order chi connectivity index (χ0) is 13.7. The van der Waals surface area contributed by atoms with E-state index in [1.54, 1.807) is 0 Å². The molecule has 1 aliphatic rings.